The average molecular weight is 188 g/mol. The van der Waals surface area contributed by atoms with Crippen LogP contribution in [0.1, 0.15) is 20.8 Å². The number of rotatable bonds is 3. The zero-order valence-electron chi connectivity index (χ0n) is 7.70. The molecule has 0 fully saturated rings. The molecule has 0 amide bonds. The molecular formula is C8H12O5. The molecule has 0 saturated heterocycles. The van der Waals surface area contributed by atoms with Crippen molar-refractivity contribution in [2.24, 2.45) is 0 Å². The first kappa shape index (κ1) is 11.5. The van der Waals surface area contributed by atoms with Crippen LogP contribution in [0, 0.1) is 0 Å². The smallest absolute Gasteiger partial charge is 0.371 e. The van der Waals surface area contributed by atoms with Crippen LogP contribution < -0.4 is 0 Å². The molecule has 0 radical (unpaired) electrons. The molecule has 0 heterocycles. The fraction of sp³-hybridized carbons (Fsp3) is 0.500. The third-order valence-corrected chi connectivity index (χ3v) is 0.881. The molecule has 0 aliphatic carbocycles. The summed E-state index contributed by atoms with van der Waals surface area (Å²) in [5.74, 6) is -3.31. The molecule has 0 aliphatic rings. The Balaban J connectivity index is 4.65. The highest BCUT2D eigenvalue weighted by Crippen LogP contribution is 2.13. The molecule has 0 spiro atoms. The number of hydrogen-bond donors (Lipinski definition) is 2. The van der Waals surface area contributed by atoms with Gasteiger partial charge in [-0.15, -0.1) is 0 Å². The molecule has 0 atom stereocenters. The monoisotopic (exact) mass is 188 g/mol. The fourth-order valence-electron chi connectivity index (χ4n) is 0.577. The molecule has 0 aromatic heterocycles. The summed E-state index contributed by atoms with van der Waals surface area (Å²) < 4.78 is 4.89. The summed E-state index contributed by atoms with van der Waals surface area (Å²) in [7, 11) is 0. The van der Waals surface area contributed by atoms with E-state index in [9.17, 15) is 9.59 Å². The van der Waals surface area contributed by atoms with E-state index in [-0.39, 0.29) is 0 Å². The summed E-state index contributed by atoms with van der Waals surface area (Å²) in [6.07, 6.45) is 0.521. The van der Waals surface area contributed by atoms with Gasteiger partial charge in [0, 0.05) is 0 Å². The quantitative estimate of drug-likeness (QED) is 0.506. The Morgan fingerprint density at radius 2 is 1.69 bits per heavy atom. The zero-order valence-corrected chi connectivity index (χ0v) is 7.70. The van der Waals surface area contributed by atoms with Crippen LogP contribution in [0.3, 0.4) is 0 Å². The van der Waals surface area contributed by atoms with Crippen LogP contribution in [-0.2, 0) is 14.3 Å². The number of ether oxygens (including phenoxy) is 1. The van der Waals surface area contributed by atoms with Crippen molar-refractivity contribution in [2.45, 2.75) is 26.4 Å². The van der Waals surface area contributed by atoms with E-state index in [1.54, 1.807) is 20.8 Å². The summed E-state index contributed by atoms with van der Waals surface area (Å²) in [6, 6.07) is 0. The van der Waals surface area contributed by atoms with Gasteiger partial charge in [0.2, 0.25) is 5.76 Å². The molecule has 74 valence electrons. The Morgan fingerprint density at radius 1 is 1.23 bits per heavy atom. The van der Waals surface area contributed by atoms with E-state index in [4.69, 9.17) is 14.9 Å². The molecule has 0 aliphatic heterocycles. The maximum absolute atomic E-state index is 10.5. The standard InChI is InChI=1S/C8H12O5/c1-8(2,3)13-5(7(11)12)4-6(9)10/h4H,1-3H3,(H,9,10)(H,11,12)/b5-4+. The van der Waals surface area contributed by atoms with Crippen LogP contribution in [0.2, 0.25) is 0 Å². The molecule has 0 bridgehead atoms. The second kappa shape index (κ2) is 3.93. The fourth-order valence-corrected chi connectivity index (χ4v) is 0.577. The van der Waals surface area contributed by atoms with Gasteiger partial charge in [0.15, 0.2) is 0 Å². The highest BCUT2D eigenvalue weighted by molar-refractivity contribution is 5.92. The van der Waals surface area contributed by atoms with Gasteiger partial charge in [0.05, 0.1) is 6.08 Å². The number of carboxylic acids is 2. The van der Waals surface area contributed by atoms with E-state index in [1.807, 2.05) is 0 Å². The topological polar surface area (TPSA) is 83.8 Å². The first-order chi connectivity index (χ1) is 5.72. The summed E-state index contributed by atoms with van der Waals surface area (Å²) in [5, 5.41) is 16.8. The summed E-state index contributed by atoms with van der Waals surface area (Å²) in [4.78, 5) is 20.6. The van der Waals surface area contributed by atoms with Crippen molar-refractivity contribution in [3.05, 3.63) is 11.8 Å². The molecule has 2 N–H and O–H groups in total. The molecular weight excluding hydrogens is 176 g/mol. The van der Waals surface area contributed by atoms with E-state index in [2.05, 4.69) is 0 Å². The SMILES string of the molecule is CC(C)(C)O/C(=C/C(=O)O)C(=O)O. The molecule has 13 heavy (non-hydrogen) atoms. The third-order valence-electron chi connectivity index (χ3n) is 0.881. The second-order valence-corrected chi connectivity index (χ2v) is 3.37. The van der Waals surface area contributed by atoms with Crippen molar-refractivity contribution >= 4 is 11.9 Å². The Hall–Kier alpha value is -1.52. The zero-order chi connectivity index (χ0) is 10.6. The normalized spacial score (nSPS) is 12.4. The minimum atomic E-state index is -1.39. The van der Waals surface area contributed by atoms with Gasteiger partial charge in [0.25, 0.3) is 0 Å². The third kappa shape index (κ3) is 5.72. The minimum Gasteiger partial charge on any atom is -0.481 e. The Kier molecular flexibility index (Phi) is 3.47. The molecule has 0 saturated carbocycles. The van der Waals surface area contributed by atoms with Crippen LogP contribution in [0.5, 0.6) is 0 Å². The minimum absolute atomic E-state index is 0.521. The van der Waals surface area contributed by atoms with Crippen molar-refractivity contribution in [3.8, 4) is 0 Å². The van der Waals surface area contributed by atoms with Crippen LogP contribution in [0.25, 0.3) is 0 Å². The van der Waals surface area contributed by atoms with Gasteiger partial charge in [-0.1, -0.05) is 0 Å². The van der Waals surface area contributed by atoms with Crippen molar-refractivity contribution in [3.63, 3.8) is 0 Å². The Labute approximate surface area is 75.6 Å². The number of aliphatic carboxylic acids is 2. The number of hydrogen-bond acceptors (Lipinski definition) is 3. The molecule has 0 aromatic carbocycles. The predicted molar refractivity (Wildman–Crippen MR) is 44.2 cm³/mol. The van der Waals surface area contributed by atoms with E-state index in [1.165, 1.54) is 0 Å². The highest BCUT2D eigenvalue weighted by Gasteiger charge is 2.19. The van der Waals surface area contributed by atoms with Crippen molar-refractivity contribution in [1.82, 2.24) is 0 Å². The Bertz CT molecular complexity index is 246. The largest absolute Gasteiger partial charge is 0.481 e. The van der Waals surface area contributed by atoms with Gasteiger partial charge in [-0.25, -0.2) is 9.59 Å². The number of carbonyl (C=O) groups is 2. The lowest BCUT2D eigenvalue weighted by molar-refractivity contribution is -0.141. The van der Waals surface area contributed by atoms with E-state index < -0.39 is 23.3 Å². The van der Waals surface area contributed by atoms with E-state index >= 15 is 0 Å². The van der Waals surface area contributed by atoms with Crippen molar-refractivity contribution < 1.29 is 24.5 Å². The van der Waals surface area contributed by atoms with Crippen LogP contribution in [0.15, 0.2) is 11.8 Å². The van der Waals surface area contributed by atoms with Crippen LogP contribution >= 0.6 is 0 Å². The first-order valence-electron chi connectivity index (χ1n) is 3.59. The van der Waals surface area contributed by atoms with Crippen LogP contribution in [-0.4, -0.2) is 27.8 Å². The molecule has 5 nitrogen and oxygen atoms in total. The van der Waals surface area contributed by atoms with Gasteiger partial charge in [-0.2, -0.15) is 0 Å². The van der Waals surface area contributed by atoms with Gasteiger partial charge in [0.1, 0.15) is 5.60 Å². The molecule has 0 rings (SSSR count). The van der Waals surface area contributed by atoms with Gasteiger partial charge in [-0.3, -0.25) is 0 Å². The van der Waals surface area contributed by atoms with Crippen LogP contribution in [0.4, 0.5) is 0 Å². The van der Waals surface area contributed by atoms with Crippen molar-refractivity contribution in [1.29, 1.82) is 0 Å². The Morgan fingerprint density at radius 3 is 1.92 bits per heavy atom. The first-order valence-corrected chi connectivity index (χ1v) is 3.59. The maximum atomic E-state index is 10.5. The van der Waals surface area contributed by atoms with E-state index in [0.29, 0.717) is 6.08 Å². The summed E-state index contributed by atoms with van der Waals surface area (Å²) in [6.45, 7) is 4.89. The highest BCUT2D eigenvalue weighted by atomic mass is 16.5. The molecule has 5 heteroatoms. The molecule has 0 aromatic rings. The van der Waals surface area contributed by atoms with Gasteiger partial charge >= 0.3 is 11.9 Å². The summed E-state index contributed by atoms with van der Waals surface area (Å²) in [5.41, 5.74) is -0.723. The lowest BCUT2D eigenvalue weighted by atomic mass is 10.2. The predicted octanol–water partition coefficient (Wildman–Crippen LogP) is 0.855. The van der Waals surface area contributed by atoms with Gasteiger partial charge in [-0.05, 0) is 20.8 Å². The van der Waals surface area contributed by atoms with Gasteiger partial charge < -0.3 is 14.9 Å². The average Bonchev–Trinajstić information content (AvgIpc) is 1.81. The lowest BCUT2D eigenvalue weighted by Crippen LogP contribution is -2.22. The van der Waals surface area contributed by atoms with Crippen molar-refractivity contribution in [2.75, 3.05) is 0 Å². The molecule has 0 unspecified atom stereocenters. The second-order valence-electron chi connectivity index (χ2n) is 3.37. The maximum Gasteiger partial charge on any atom is 0.371 e. The summed E-state index contributed by atoms with van der Waals surface area (Å²) >= 11 is 0. The van der Waals surface area contributed by atoms with E-state index in [0.717, 1.165) is 0 Å². The lowest BCUT2D eigenvalue weighted by Gasteiger charge is -2.20. The number of carboxylic acid groups (broad SMARTS) is 2.